The number of carbonyl (C=O) groups excluding carboxylic acids is 2. The van der Waals surface area contributed by atoms with Crippen LogP contribution in [0.3, 0.4) is 0 Å². The Hall–Kier alpha value is -2.90. The second kappa shape index (κ2) is 10.9. The van der Waals surface area contributed by atoms with E-state index in [1.54, 1.807) is 36.4 Å². The summed E-state index contributed by atoms with van der Waals surface area (Å²) in [5, 5.41) is 2.97. The summed E-state index contributed by atoms with van der Waals surface area (Å²) in [7, 11) is 0. The van der Waals surface area contributed by atoms with Gasteiger partial charge >= 0.3 is 0 Å². The molecule has 1 unspecified atom stereocenters. The van der Waals surface area contributed by atoms with Gasteiger partial charge in [-0.05, 0) is 35.7 Å². The van der Waals surface area contributed by atoms with Crippen molar-refractivity contribution in [1.29, 1.82) is 0 Å². The third-order valence-electron chi connectivity index (χ3n) is 5.07. The van der Waals surface area contributed by atoms with Crippen LogP contribution in [-0.4, -0.2) is 55.6 Å². The van der Waals surface area contributed by atoms with E-state index in [-0.39, 0.29) is 18.6 Å². The minimum atomic E-state index is -0.541. The molecule has 0 bridgehead atoms. The van der Waals surface area contributed by atoms with Crippen molar-refractivity contribution in [2.45, 2.75) is 26.6 Å². The smallest absolute Gasteiger partial charge is 0.252 e. The number of hydrogen-bond acceptors (Lipinski definition) is 5. The Kier molecular flexibility index (Phi) is 8.03. The van der Waals surface area contributed by atoms with Gasteiger partial charge in [-0.2, -0.15) is 0 Å². The van der Waals surface area contributed by atoms with Gasteiger partial charge in [0.05, 0.1) is 18.3 Å². The van der Waals surface area contributed by atoms with E-state index in [1.807, 2.05) is 12.1 Å². The average Bonchev–Trinajstić information content (AvgIpc) is 2.76. The molecule has 0 radical (unpaired) electrons. The van der Waals surface area contributed by atoms with Crippen LogP contribution in [0.15, 0.2) is 48.5 Å². The summed E-state index contributed by atoms with van der Waals surface area (Å²) in [6.07, 6.45) is -0.00623. The molecule has 2 amide bonds. The predicted octanol–water partition coefficient (Wildman–Crippen LogP) is 2.45. The summed E-state index contributed by atoms with van der Waals surface area (Å²) in [5.74, 6) is 0.336. The van der Waals surface area contributed by atoms with E-state index in [4.69, 9.17) is 15.2 Å². The predicted molar refractivity (Wildman–Crippen MR) is 119 cm³/mol. The highest BCUT2D eigenvalue weighted by molar-refractivity contribution is 5.95. The minimum absolute atomic E-state index is 0.00623. The van der Waals surface area contributed by atoms with Crippen molar-refractivity contribution in [3.05, 3.63) is 65.2 Å². The lowest BCUT2D eigenvalue weighted by Gasteiger charge is -2.33. The Balaban J connectivity index is 1.54. The van der Waals surface area contributed by atoms with Crippen LogP contribution in [0.5, 0.6) is 5.75 Å². The number of nitrogens with two attached hydrogens (primary N) is 1. The van der Waals surface area contributed by atoms with Crippen LogP contribution in [0.4, 0.5) is 0 Å². The van der Waals surface area contributed by atoms with Gasteiger partial charge in [0.25, 0.3) is 11.8 Å². The molecule has 3 rings (SSSR count). The summed E-state index contributed by atoms with van der Waals surface area (Å²) in [6.45, 7) is 8.59. The van der Waals surface area contributed by atoms with Gasteiger partial charge in [0.1, 0.15) is 12.4 Å². The largest absolute Gasteiger partial charge is 0.488 e. The third kappa shape index (κ3) is 6.80. The fraction of sp³-hybridized carbons (Fsp3) is 0.417. The molecule has 0 spiro atoms. The summed E-state index contributed by atoms with van der Waals surface area (Å²) in [6, 6.07) is 14.1. The van der Waals surface area contributed by atoms with Crippen molar-refractivity contribution in [3.63, 3.8) is 0 Å². The van der Waals surface area contributed by atoms with Gasteiger partial charge in [-0.3, -0.25) is 14.5 Å². The average molecular weight is 426 g/mol. The Morgan fingerprint density at radius 2 is 2.03 bits per heavy atom. The molecular weight excluding hydrogens is 394 g/mol. The zero-order valence-electron chi connectivity index (χ0n) is 18.2. The molecule has 1 saturated heterocycles. The van der Waals surface area contributed by atoms with Crippen LogP contribution >= 0.6 is 0 Å². The fourth-order valence-electron chi connectivity index (χ4n) is 3.65. The van der Waals surface area contributed by atoms with E-state index in [1.165, 1.54) is 0 Å². The van der Waals surface area contributed by atoms with Gasteiger partial charge < -0.3 is 20.5 Å². The highest BCUT2D eigenvalue weighted by atomic mass is 16.5. The Morgan fingerprint density at radius 3 is 2.81 bits per heavy atom. The maximum absolute atomic E-state index is 12.6. The lowest BCUT2D eigenvalue weighted by Crippen LogP contribution is -2.48. The van der Waals surface area contributed by atoms with E-state index in [0.717, 1.165) is 25.2 Å². The van der Waals surface area contributed by atoms with Gasteiger partial charge in [0, 0.05) is 31.7 Å². The highest BCUT2D eigenvalue weighted by Crippen LogP contribution is 2.19. The second-order valence-electron chi connectivity index (χ2n) is 8.21. The second-order valence-corrected chi connectivity index (χ2v) is 8.21. The summed E-state index contributed by atoms with van der Waals surface area (Å²) in [5.41, 5.74) is 7.10. The molecule has 7 nitrogen and oxygen atoms in total. The number of para-hydroxylation sites is 1. The Morgan fingerprint density at radius 1 is 1.23 bits per heavy atom. The van der Waals surface area contributed by atoms with E-state index < -0.39 is 5.91 Å². The number of benzene rings is 2. The summed E-state index contributed by atoms with van der Waals surface area (Å²) in [4.78, 5) is 26.5. The van der Waals surface area contributed by atoms with Gasteiger partial charge in [-0.25, -0.2) is 0 Å². The topological polar surface area (TPSA) is 93.9 Å². The van der Waals surface area contributed by atoms with Crippen molar-refractivity contribution < 1.29 is 19.1 Å². The lowest BCUT2D eigenvalue weighted by molar-refractivity contribution is -0.0295. The molecular formula is C24H31N3O4. The van der Waals surface area contributed by atoms with Crippen molar-refractivity contribution in [2.75, 3.05) is 32.8 Å². The molecule has 2 aromatic rings. The number of ether oxygens (including phenoxy) is 2. The Bertz CT molecular complexity index is 900. The number of nitrogens with zero attached hydrogens (tertiary/aromatic N) is 1. The van der Waals surface area contributed by atoms with E-state index in [2.05, 4.69) is 24.1 Å². The zero-order valence-corrected chi connectivity index (χ0v) is 18.2. The minimum Gasteiger partial charge on any atom is -0.488 e. The molecule has 1 fully saturated rings. The molecule has 2 aromatic carbocycles. The number of hydrogen-bond donors (Lipinski definition) is 2. The molecule has 0 aliphatic carbocycles. The standard InChI is InChI=1S/C24H31N3O4/c1-17(2)14-27-10-11-30-20(15-27)13-26-24(29)19-7-5-6-18(12-19)16-31-22-9-4-3-8-21(22)23(25)28/h3-9,12,17,20H,10-11,13-16H2,1-2H3,(H2,25,28)(H,26,29). The van der Waals surface area contributed by atoms with Crippen molar-refractivity contribution in [1.82, 2.24) is 10.2 Å². The number of primary amides is 1. The molecule has 1 aliphatic rings. The van der Waals surface area contributed by atoms with Gasteiger partial charge in [0.2, 0.25) is 0 Å². The molecule has 0 saturated carbocycles. The zero-order chi connectivity index (χ0) is 22.2. The first kappa shape index (κ1) is 22.8. The number of rotatable bonds is 9. The molecule has 0 aromatic heterocycles. The summed E-state index contributed by atoms with van der Waals surface area (Å²) < 4.78 is 11.6. The van der Waals surface area contributed by atoms with Crippen LogP contribution < -0.4 is 15.8 Å². The van der Waals surface area contributed by atoms with Gasteiger partial charge in [-0.15, -0.1) is 0 Å². The van der Waals surface area contributed by atoms with Crippen LogP contribution in [0.25, 0.3) is 0 Å². The molecule has 3 N–H and O–H groups in total. The van der Waals surface area contributed by atoms with E-state index >= 15 is 0 Å². The molecule has 31 heavy (non-hydrogen) atoms. The Labute approximate surface area is 183 Å². The van der Waals surface area contributed by atoms with Crippen molar-refractivity contribution in [3.8, 4) is 5.75 Å². The van der Waals surface area contributed by atoms with Crippen LogP contribution in [-0.2, 0) is 11.3 Å². The number of morpholine rings is 1. The third-order valence-corrected chi connectivity index (χ3v) is 5.07. The highest BCUT2D eigenvalue weighted by Gasteiger charge is 2.21. The first-order valence-electron chi connectivity index (χ1n) is 10.6. The van der Waals surface area contributed by atoms with E-state index in [9.17, 15) is 9.59 Å². The van der Waals surface area contributed by atoms with Gasteiger partial charge in [0.15, 0.2) is 0 Å². The van der Waals surface area contributed by atoms with Crippen molar-refractivity contribution in [2.24, 2.45) is 11.7 Å². The first-order chi connectivity index (χ1) is 14.9. The van der Waals surface area contributed by atoms with Gasteiger partial charge in [-0.1, -0.05) is 38.1 Å². The first-order valence-corrected chi connectivity index (χ1v) is 10.6. The maximum atomic E-state index is 12.6. The molecule has 1 aliphatic heterocycles. The monoisotopic (exact) mass is 425 g/mol. The van der Waals surface area contributed by atoms with Crippen LogP contribution in [0.2, 0.25) is 0 Å². The normalized spacial score (nSPS) is 16.8. The number of amides is 2. The fourth-order valence-corrected chi connectivity index (χ4v) is 3.65. The van der Waals surface area contributed by atoms with E-state index in [0.29, 0.717) is 35.9 Å². The van der Waals surface area contributed by atoms with Crippen LogP contribution in [0.1, 0.15) is 40.1 Å². The molecule has 166 valence electrons. The molecule has 7 heteroatoms. The SMILES string of the molecule is CC(C)CN1CCOC(CNC(=O)c2cccc(COc3ccccc3C(N)=O)c2)C1. The van der Waals surface area contributed by atoms with Crippen LogP contribution in [0, 0.1) is 5.92 Å². The molecule has 1 atom stereocenters. The lowest BCUT2D eigenvalue weighted by atomic mass is 10.1. The number of carbonyl (C=O) groups is 2. The quantitative estimate of drug-likeness (QED) is 0.644. The molecule has 1 heterocycles. The number of nitrogens with one attached hydrogen (secondary N) is 1. The maximum Gasteiger partial charge on any atom is 0.252 e. The van der Waals surface area contributed by atoms with Crippen molar-refractivity contribution >= 4 is 11.8 Å². The summed E-state index contributed by atoms with van der Waals surface area (Å²) >= 11 is 0.